The lowest BCUT2D eigenvalue weighted by Gasteiger charge is -1.89. The monoisotopic (exact) mass is 168 g/mol. The molecule has 1 aromatic heterocycles. The van der Waals surface area contributed by atoms with Gasteiger partial charge in [0.15, 0.2) is 0 Å². The molecule has 0 unspecified atom stereocenters. The van der Waals surface area contributed by atoms with E-state index in [1.54, 1.807) is 6.92 Å². The molecule has 0 aliphatic heterocycles. The summed E-state index contributed by atoms with van der Waals surface area (Å²) in [6, 6.07) is 0. The van der Waals surface area contributed by atoms with Crippen molar-refractivity contribution in [3.8, 4) is 0 Å². The highest BCUT2D eigenvalue weighted by atomic mass is 31.1. The first-order chi connectivity index (χ1) is 5.09. The van der Waals surface area contributed by atoms with Gasteiger partial charge in [0.25, 0.3) is 0 Å². The van der Waals surface area contributed by atoms with Crippen molar-refractivity contribution in [1.82, 2.24) is 0 Å². The third kappa shape index (κ3) is 2.20. The Kier molecular flexibility index (Phi) is 2.51. The van der Waals surface area contributed by atoms with Crippen LogP contribution in [-0.2, 0) is 11.0 Å². The van der Waals surface area contributed by atoms with E-state index >= 15 is 0 Å². The van der Waals surface area contributed by atoms with Gasteiger partial charge < -0.3 is 0 Å². The number of carbonyl (C=O) groups excluding carboxylic acids is 1. The predicted molar refractivity (Wildman–Crippen MR) is 49.3 cm³/mol. The van der Waals surface area contributed by atoms with Gasteiger partial charge in [0.2, 0.25) is 0 Å². The zero-order valence-corrected chi connectivity index (χ0v) is 8.11. The molecule has 1 rings (SSSR count). The molecule has 0 aliphatic carbocycles. The molecular weight excluding hydrogens is 155 g/mol. The number of carbonyl (C=O) groups is 1. The highest BCUT2D eigenvalue weighted by Gasteiger charge is 2.00. The topological polar surface area (TPSA) is 17.1 Å². The molecule has 0 N–H and O–H groups in total. The minimum absolute atomic E-state index is 0.237. The van der Waals surface area contributed by atoms with Crippen molar-refractivity contribution in [1.29, 1.82) is 0 Å². The van der Waals surface area contributed by atoms with Crippen LogP contribution in [0.25, 0.3) is 0 Å². The molecule has 0 fully saturated rings. The molecule has 11 heavy (non-hydrogen) atoms. The van der Waals surface area contributed by atoms with Gasteiger partial charge in [-0.3, -0.25) is 4.79 Å². The molecule has 0 radical (unpaired) electrons. The molecular formula is C9H13OP. The first-order valence-electron chi connectivity index (χ1n) is 3.72. The van der Waals surface area contributed by atoms with Crippen molar-refractivity contribution < 1.29 is 4.79 Å². The maximum atomic E-state index is 10.8. The minimum atomic E-state index is -0.237. The molecule has 0 saturated heterocycles. The summed E-state index contributed by atoms with van der Waals surface area (Å²) in [6.07, 6.45) is 0.726. The minimum Gasteiger partial charge on any atom is -0.299 e. The van der Waals surface area contributed by atoms with Crippen LogP contribution < -0.4 is 0 Å². The SMILES string of the molecule is CC(=O)Cp1cc(C)c(C)c1. The predicted octanol–water partition coefficient (Wildman–Crippen LogP) is 2.88. The van der Waals surface area contributed by atoms with Gasteiger partial charge in [-0.15, -0.1) is 7.53 Å². The third-order valence-electron chi connectivity index (χ3n) is 1.75. The van der Waals surface area contributed by atoms with Crippen LogP contribution in [0.1, 0.15) is 18.1 Å². The fraction of sp³-hybridized carbons (Fsp3) is 0.444. The maximum absolute atomic E-state index is 10.8. The molecule has 2 heteroatoms. The fourth-order valence-corrected chi connectivity index (χ4v) is 3.26. The van der Waals surface area contributed by atoms with Gasteiger partial charge in [0.1, 0.15) is 5.78 Å². The number of rotatable bonds is 2. The molecule has 1 aromatic rings. The van der Waals surface area contributed by atoms with Crippen molar-refractivity contribution in [2.24, 2.45) is 0 Å². The Morgan fingerprint density at radius 1 is 1.36 bits per heavy atom. The molecule has 0 atom stereocenters. The normalized spacial score (nSPS) is 10.1. The number of hydrogen-bond acceptors (Lipinski definition) is 1. The summed E-state index contributed by atoms with van der Waals surface area (Å²) in [7, 11) is -0.237. The van der Waals surface area contributed by atoms with E-state index in [4.69, 9.17) is 0 Å². The third-order valence-corrected chi connectivity index (χ3v) is 3.99. The van der Waals surface area contributed by atoms with Crippen LogP contribution in [0.2, 0.25) is 0 Å². The summed E-state index contributed by atoms with van der Waals surface area (Å²) in [5.74, 6) is 4.75. The van der Waals surface area contributed by atoms with Crippen LogP contribution in [0.15, 0.2) is 11.6 Å². The Morgan fingerprint density at radius 2 is 1.82 bits per heavy atom. The summed E-state index contributed by atoms with van der Waals surface area (Å²) >= 11 is 0. The van der Waals surface area contributed by atoms with Crippen molar-refractivity contribution in [3.05, 3.63) is 22.7 Å². The molecule has 1 nitrogen and oxygen atoms in total. The number of aryl methyl sites for hydroxylation is 2. The van der Waals surface area contributed by atoms with E-state index in [0.717, 1.165) is 6.16 Å². The molecule has 0 bridgehead atoms. The van der Waals surface area contributed by atoms with E-state index in [-0.39, 0.29) is 7.53 Å². The Morgan fingerprint density at radius 3 is 2.18 bits per heavy atom. The highest BCUT2D eigenvalue weighted by Crippen LogP contribution is 2.33. The first-order valence-corrected chi connectivity index (χ1v) is 5.38. The lowest BCUT2D eigenvalue weighted by Crippen LogP contribution is -1.85. The lowest BCUT2D eigenvalue weighted by molar-refractivity contribution is -0.115. The van der Waals surface area contributed by atoms with Gasteiger partial charge in [0.05, 0.1) is 0 Å². The zero-order chi connectivity index (χ0) is 8.43. The molecule has 0 amide bonds. The van der Waals surface area contributed by atoms with Crippen molar-refractivity contribution in [2.45, 2.75) is 26.9 Å². The Balaban J connectivity index is 2.81. The summed E-state index contributed by atoms with van der Waals surface area (Å²) in [4.78, 5) is 10.8. The van der Waals surface area contributed by atoms with E-state index in [1.165, 1.54) is 11.1 Å². The molecule has 0 aromatic carbocycles. The number of Topliss-reactive ketones (excluding diaryl/α,β-unsaturated/α-hetero) is 1. The first kappa shape index (κ1) is 8.55. The largest absolute Gasteiger partial charge is 0.299 e. The summed E-state index contributed by atoms with van der Waals surface area (Å²) in [6.45, 7) is 5.87. The quantitative estimate of drug-likeness (QED) is 0.663. The Hall–Kier alpha value is -0.550. The van der Waals surface area contributed by atoms with Gasteiger partial charge in [-0.25, -0.2) is 0 Å². The van der Waals surface area contributed by atoms with E-state index in [9.17, 15) is 4.79 Å². The van der Waals surface area contributed by atoms with Gasteiger partial charge in [-0.2, -0.15) is 0 Å². The lowest BCUT2D eigenvalue weighted by atomic mass is 10.2. The van der Waals surface area contributed by atoms with Crippen LogP contribution in [0, 0.1) is 13.8 Å². The summed E-state index contributed by atoms with van der Waals surface area (Å²) in [5.41, 5.74) is 2.69. The van der Waals surface area contributed by atoms with Gasteiger partial charge >= 0.3 is 0 Å². The van der Waals surface area contributed by atoms with Gasteiger partial charge in [0, 0.05) is 6.16 Å². The van der Waals surface area contributed by atoms with Crippen molar-refractivity contribution in [2.75, 3.05) is 0 Å². The summed E-state index contributed by atoms with van der Waals surface area (Å²) in [5, 5.41) is 0. The number of hydrogen-bond donors (Lipinski definition) is 0. The fourth-order valence-electron chi connectivity index (χ4n) is 1.09. The molecule has 0 spiro atoms. The average Bonchev–Trinajstić information content (AvgIpc) is 2.10. The smallest absolute Gasteiger partial charge is 0.137 e. The van der Waals surface area contributed by atoms with Crippen LogP contribution >= 0.6 is 7.53 Å². The average molecular weight is 168 g/mol. The highest BCUT2D eigenvalue weighted by molar-refractivity contribution is 7.48. The van der Waals surface area contributed by atoms with Crippen LogP contribution in [0.4, 0.5) is 0 Å². The Bertz CT molecular complexity index is 254. The second kappa shape index (κ2) is 3.23. The van der Waals surface area contributed by atoms with Crippen LogP contribution in [-0.4, -0.2) is 5.78 Å². The van der Waals surface area contributed by atoms with E-state index < -0.39 is 0 Å². The molecule has 60 valence electrons. The van der Waals surface area contributed by atoms with Crippen molar-refractivity contribution >= 4 is 13.3 Å². The van der Waals surface area contributed by atoms with Gasteiger partial charge in [-0.1, -0.05) is 0 Å². The number of ketones is 1. The van der Waals surface area contributed by atoms with E-state index in [2.05, 4.69) is 25.4 Å². The van der Waals surface area contributed by atoms with Gasteiger partial charge in [-0.05, 0) is 43.5 Å². The van der Waals surface area contributed by atoms with E-state index in [1.807, 2.05) is 0 Å². The second-order valence-electron chi connectivity index (χ2n) is 3.00. The second-order valence-corrected chi connectivity index (χ2v) is 4.86. The summed E-state index contributed by atoms with van der Waals surface area (Å²) < 4.78 is 0. The standard InChI is InChI=1S/C9H13OP/c1-7-4-11(5-8(7)2)6-9(3)10/h4-5H,6H2,1-3H3. The molecule has 1 heterocycles. The van der Waals surface area contributed by atoms with Crippen molar-refractivity contribution in [3.63, 3.8) is 0 Å². The van der Waals surface area contributed by atoms with Crippen LogP contribution in [0.5, 0.6) is 0 Å². The molecule has 0 saturated carbocycles. The maximum Gasteiger partial charge on any atom is 0.137 e. The van der Waals surface area contributed by atoms with Crippen LogP contribution in [0.3, 0.4) is 0 Å². The van der Waals surface area contributed by atoms with E-state index in [0.29, 0.717) is 5.78 Å². The Labute approximate surface area is 68.5 Å². The zero-order valence-electron chi connectivity index (χ0n) is 7.22. The molecule has 0 aliphatic rings.